The van der Waals surface area contributed by atoms with Crippen molar-refractivity contribution in [1.82, 2.24) is 15.5 Å². The molecule has 0 radical (unpaired) electrons. The van der Waals surface area contributed by atoms with Crippen LogP contribution in [0.15, 0.2) is 10.9 Å². The summed E-state index contributed by atoms with van der Waals surface area (Å²) in [6.45, 7) is 5.83. The molecule has 1 heterocycles. The van der Waals surface area contributed by atoms with Crippen LogP contribution < -0.4 is 11.1 Å². The quantitative estimate of drug-likeness (QED) is 0.767. The van der Waals surface area contributed by atoms with Crippen molar-refractivity contribution in [3.8, 4) is 0 Å². The van der Waals surface area contributed by atoms with E-state index in [1.165, 1.54) is 6.39 Å². The van der Waals surface area contributed by atoms with E-state index < -0.39 is 6.04 Å². The van der Waals surface area contributed by atoms with Crippen LogP contribution in [0, 0.1) is 5.92 Å². The molecule has 2 atom stereocenters. The smallest absolute Gasteiger partial charge is 0.237 e. The lowest BCUT2D eigenvalue weighted by atomic mass is 10.0. The van der Waals surface area contributed by atoms with Crippen molar-refractivity contribution in [3.63, 3.8) is 0 Å². The van der Waals surface area contributed by atoms with Crippen molar-refractivity contribution < 1.29 is 9.32 Å². The lowest BCUT2D eigenvalue weighted by molar-refractivity contribution is -0.123. The monoisotopic (exact) mass is 226 g/mol. The summed E-state index contributed by atoms with van der Waals surface area (Å²) in [6.07, 6.45) is 1.89. The average molecular weight is 226 g/mol. The second-order valence-corrected chi connectivity index (χ2v) is 4.26. The summed E-state index contributed by atoms with van der Waals surface area (Å²) in [4.78, 5) is 15.5. The highest BCUT2D eigenvalue weighted by Gasteiger charge is 2.19. The maximum absolute atomic E-state index is 11.7. The Bertz CT molecular complexity index is 324. The van der Waals surface area contributed by atoms with E-state index in [0.29, 0.717) is 18.2 Å². The molecule has 0 spiro atoms. The number of aromatic nitrogens is 2. The van der Waals surface area contributed by atoms with Gasteiger partial charge in [0.25, 0.3) is 0 Å². The van der Waals surface area contributed by atoms with Crippen LogP contribution in [0.4, 0.5) is 0 Å². The topological polar surface area (TPSA) is 94.0 Å². The molecule has 0 aliphatic carbocycles. The maximum atomic E-state index is 11.7. The van der Waals surface area contributed by atoms with Gasteiger partial charge in [0.2, 0.25) is 12.3 Å². The highest BCUT2D eigenvalue weighted by atomic mass is 16.5. The zero-order chi connectivity index (χ0) is 12.1. The molecule has 1 aromatic rings. The van der Waals surface area contributed by atoms with Gasteiger partial charge in [-0.2, -0.15) is 4.98 Å². The molecule has 6 heteroatoms. The third-order valence-corrected chi connectivity index (χ3v) is 2.19. The van der Waals surface area contributed by atoms with E-state index in [0.717, 1.165) is 0 Å². The molecule has 16 heavy (non-hydrogen) atoms. The number of hydrogen-bond donors (Lipinski definition) is 2. The van der Waals surface area contributed by atoms with Gasteiger partial charge in [-0.1, -0.05) is 19.0 Å². The Balaban J connectivity index is 2.45. The summed E-state index contributed by atoms with van der Waals surface area (Å²) in [5, 5.41) is 6.39. The minimum absolute atomic E-state index is 0.189. The molecule has 1 amide bonds. The summed E-state index contributed by atoms with van der Waals surface area (Å²) < 4.78 is 4.60. The van der Waals surface area contributed by atoms with Gasteiger partial charge in [0, 0.05) is 0 Å². The highest BCUT2D eigenvalue weighted by Crippen LogP contribution is 2.07. The number of amides is 1. The molecular weight excluding hydrogens is 208 g/mol. The number of rotatable bonds is 5. The minimum Gasteiger partial charge on any atom is -0.345 e. The first-order chi connectivity index (χ1) is 7.50. The van der Waals surface area contributed by atoms with Crippen LogP contribution in [0.1, 0.15) is 39.1 Å². The van der Waals surface area contributed by atoms with Crippen LogP contribution in [-0.4, -0.2) is 22.1 Å². The summed E-state index contributed by atoms with van der Waals surface area (Å²) in [6, 6.07) is -0.779. The fourth-order valence-corrected chi connectivity index (χ4v) is 1.37. The number of nitrogens with two attached hydrogens (primary N) is 1. The van der Waals surface area contributed by atoms with Gasteiger partial charge in [0.1, 0.15) is 0 Å². The van der Waals surface area contributed by atoms with E-state index in [4.69, 9.17) is 5.73 Å². The van der Waals surface area contributed by atoms with E-state index in [2.05, 4.69) is 20.0 Å². The third-order valence-electron chi connectivity index (χ3n) is 2.19. The van der Waals surface area contributed by atoms with Crippen LogP contribution in [0.5, 0.6) is 0 Å². The molecule has 0 bridgehead atoms. The third kappa shape index (κ3) is 3.62. The first-order valence-corrected chi connectivity index (χ1v) is 5.33. The molecule has 0 aliphatic rings. The molecular formula is C10H18N4O2. The number of hydrogen-bond acceptors (Lipinski definition) is 5. The van der Waals surface area contributed by atoms with Crippen molar-refractivity contribution in [3.05, 3.63) is 12.2 Å². The van der Waals surface area contributed by atoms with Crippen LogP contribution >= 0.6 is 0 Å². The number of carbonyl (C=O) groups is 1. The first-order valence-electron chi connectivity index (χ1n) is 5.33. The second-order valence-electron chi connectivity index (χ2n) is 4.26. The summed E-state index contributed by atoms with van der Waals surface area (Å²) >= 11 is 0. The SMILES string of the molecule is CC(C)C[C@H](N)C(=O)NC(C)c1ncon1. The Hall–Kier alpha value is -1.43. The lowest BCUT2D eigenvalue weighted by Crippen LogP contribution is -2.42. The molecule has 0 saturated heterocycles. The fraction of sp³-hybridized carbons (Fsp3) is 0.700. The molecule has 1 aromatic heterocycles. The van der Waals surface area contributed by atoms with Crippen molar-refractivity contribution in [2.75, 3.05) is 0 Å². The average Bonchev–Trinajstić information content (AvgIpc) is 2.68. The van der Waals surface area contributed by atoms with Gasteiger partial charge < -0.3 is 15.6 Å². The van der Waals surface area contributed by atoms with Gasteiger partial charge in [-0.15, -0.1) is 0 Å². The molecule has 0 aromatic carbocycles. The van der Waals surface area contributed by atoms with E-state index in [1.54, 1.807) is 6.92 Å². The molecule has 1 unspecified atom stereocenters. The predicted molar refractivity (Wildman–Crippen MR) is 58.3 cm³/mol. The van der Waals surface area contributed by atoms with E-state index >= 15 is 0 Å². The number of nitrogens with one attached hydrogen (secondary N) is 1. The Kier molecular flexibility index (Phi) is 4.42. The summed E-state index contributed by atoms with van der Waals surface area (Å²) in [7, 11) is 0. The highest BCUT2D eigenvalue weighted by molar-refractivity contribution is 5.81. The lowest BCUT2D eigenvalue weighted by Gasteiger charge is -2.16. The van der Waals surface area contributed by atoms with Crippen molar-refractivity contribution in [1.29, 1.82) is 0 Å². The molecule has 0 aliphatic heterocycles. The Morgan fingerprint density at radius 3 is 2.75 bits per heavy atom. The molecule has 1 rings (SSSR count). The zero-order valence-corrected chi connectivity index (χ0v) is 9.80. The van der Waals surface area contributed by atoms with Gasteiger partial charge in [-0.3, -0.25) is 4.79 Å². The zero-order valence-electron chi connectivity index (χ0n) is 9.80. The Labute approximate surface area is 94.6 Å². The summed E-state index contributed by atoms with van der Waals surface area (Å²) in [5.41, 5.74) is 5.74. The normalized spacial score (nSPS) is 14.8. The van der Waals surface area contributed by atoms with E-state index in [1.807, 2.05) is 13.8 Å². The van der Waals surface area contributed by atoms with Crippen LogP contribution in [-0.2, 0) is 4.79 Å². The molecule has 3 N–H and O–H groups in total. The largest absolute Gasteiger partial charge is 0.345 e. The molecule has 90 valence electrons. The van der Waals surface area contributed by atoms with Crippen molar-refractivity contribution in [2.45, 2.75) is 39.3 Å². The van der Waals surface area contributed by atoms with E-state index in [9.17, 15) is 4.79 Å². The van der Waals surface area contributed by atoms with Crippen molar-refractivity contribution in [2.24, 2.45) is 11.7 Å². The standard InChI is InChI=1S/C10H18N4O2/c1-6(2)4-8(11)10(15)13-7(3)9-12-5-16-14-9/h5-8H,4,11H2,1-3H3,(H,13,15)/t7?,8-/m0/s1. The molecule has 0 fully saturated rings. The Morgan fingerprint density at radius 1 is 1.56 bits per heavy atom. The first kappa shape index (κ1) is 12.6. The van der Waals surface area contributed by atoms with Crippen molar-refractivity contribution >= 4 is 5.91 Å². The van der Waals surface area contributed by atoms with Crippen LogP contribution in [0.25, 0.3) is 0 Å². The van der Waals surface area contributed by atoms with Gasteiger partial charge >= 0.3 is 0 Å². The molecule has 0 saturated carbocycles. The minimum atomic E-state index is -0.491. The fourth-order valence-electron chi connectivity index (χ4n) is 1.37. The van der Waals surface area contributed by atoms with Gasteiger partial charge in [-0.25, -0.2) is 0 Å². The predicted octanol–water partition coefficient (Wildman–Crippen LogP) is 0.620. The number of nitrogens with zero attached hydrogens (tertiary/aromatic N) is 2. The second kappa shape index (κ2) is 5.60. The Morgan fingerprint density at radius 2 is 2.25 bits per heavy atom. The van der Waals surface area contributed by atoms with Gasteiger partial charge in [0.15, 0.2) is 5.82 Å². The molecule has 6 nitrogen and oxygen atoms in total. The maximum Gasteiger partial charge on any atom is 0.237 e. The summed E-state index contributed by atoms with van der Waals surface area (Å²) in [5.74, 6) is 0.650. The number of carbonyl (C=O) groups excluding carboxylic acids is 1. The van der Waals surface area contributed by atoms with Gasteiger partial charge in [0.05, 0.1) is 12.1 Å². The van der Waals surface area contributed by atoms with E-state index in [-0.39, 0.29) is 11.9 Å². The van der Waals surface area contributed by atoms with Gasteiger partial charge in [-0.05, 0) is 19.3 Å². The van der Waals surface area contributed by atoms with Crippen LogP contribution in [0.3, 0.4) is 0 Å². The van der Waals surface area contributed by atoms with Crippen LogP contribution in [0.2, 0.25) is 0 Å².